The van der Waals surface area contributed by atoms with E-state index in [1.54, 1.807) is 25.4 Å². The van der Waals surface area contributed by atoms with Gasteiger partial charge in [0.05, 0.1) is 18.4 Å². The number of hydrogen-bond donors (Lipinski definition) is 2. The number of para-hydroxylation sites is 2. The minimum absolute atomic E-state index is 0.0172. The number of carbonyl (C=O) groups is 1. The molecule has 3 N–H and O–H groups in total. The lowest BCUT2D eigenvalue weighted by Crippen LogP contribution is -2.30. The summed E-state index contributed by atoms with van der Waals surface area (Å²) in [6.07, 6.45) is 2.62. The third kappa shape index (κ3) is 3.33. The maximum Gasteiger partial charge on any atom is 0.257 e. The monoisotopic (exact) mass is 326 g/mol. The van der Waals surface area contributed by atoms with Gasteiger partial charge in [0, 0.05) is 19.3 Å². The van der Waals surface area contributed by atoms with Crippen molar-refractivity contribution in [3.63, 3.8) is 0 Å². The molecule has 24 heavy (non-hydrogen) atoms. The van der Waals surface area contributed by atoms with Crippen molar-refractivity contribution in [3.05, 3.63) is 48.2 Å². The van der Waals surface area contributed by atoms with Gasteiger partial charge in [-0.2, -0.15) is 0 Å². The zero-order valence-corrected chi connectivity index (χ0v) is 13.7. The molecule has 1 aliphatic heterocycles. The molecular weight excluding hydrogens is 304 g/mol. The normalized spacial score (nSPS) is 16.9. The third-order valence-electron chi connectivity index (χ3n) is 4.30. The second-order valence-electron chi connectivity index (χ2n) is 5.87. The van der Waals surface area contributed by atoms with Crippen molar-refractivity contribution in [2.24, 2.45) is 11.7 Å². The van der Waals surface area contributed by atoms with Crippen molar-refractivity contribution in [3.8, 4) is 5.75 Å². The highest BCUT2D eigenvalue weighted by Crippen LogP contribution is 2.28. The summed E-state index contributed by atoms with van der Waals surface area (Å²) >= 11 is 0. The Hall–Kier alpha value is -2.60. The first kappa shape index (κ1) is 16.3. The second-order valence-corrected chi connectivity index (χ2v) is 5.87. The fourth-order valence-electron chi connectivity index (χ4n) is 2.93. The van der Waals surface area contributed by atoms with Crippen LogP contribution in [-0.4, -0.2) is 42.5 Å². The van der Waals surface area contributed by atoms with Gasteiger partial charge in [-0.3, -0.25) is 4.79 Å². The van der Waals surface area contributed by atoms with E-state index >= 15 is 0 Å². The van der Waals surface area contributed by atoms with E-state index in [9.17, 15) is 4.79 Å². The number of pyridine rings is 1. The highest BCUT2D eigenvalue weighted by atomic mass is 16.5. The van der Waals surface area contributed by atoms with Crippen molar-refractivity contribution in [2.75, 3.05) is 32.1 Å². The molecule has 1 fully saturated rings. The van der Waals surface area contributed by atoms with Crippen LogP contribution < -0.4 is 15.8 Å². The number of ether oxygens (including phenoxy) is 1. The van der Waals surface area contributed by atoms with Crippen LogP contribution in [0.5, 0.6) is 5.75 Å². The van der Waals surface area contributed by atoms with Gasteiger partial charge in [-0.25, -0.2) is 4.98 Å². The molecule has 6 heteroatoms. The molecule has 1 aromatic heterocycles. The standard InChI is InChI=1S/C18H22N4O2/c1-24-16-7-3-2-6-15(16)21-17-14(5-4-9-20-17)18(23)22-10-8-13(11-19)12-22/h2-7,9,13H,8,10-12,19H2,1H3,(H,20,21). The van der Waals surface area contributed by atoms with Crippen LogP contribution in [0, 0.1) is 5.92 Å². The Bertz CT molecular complexity index is 720. The van der Waals surface area contributed by atoms with Crippen molar-refractivity contribution in [1.82, 2.24) is 9.88 Å². The lowest BCUT2D eigenvalue weighted by Gasteiger charge is -2.19. The zero-order chi connectivity index (χ0) is 16.9. The Balaban J connectivity index is 1.84. The molecule has 2 heterocycles. The Morgan fingerprint density at radius 3 is 2.96 bits per heavy atom. The number of carbonyl (C=O) groups excluding carboxylic acids is 1. The number of aromatic nitrogens is 1. The number of hydrogen-bond acceptors (Lipinski definition) is 5. The molecule has 6 nitrogen and oxygen atoms in total. The number of amides is 1. The summed E-state index contributed by atoms with van der Waals surface area (Å²) in [5.41, 5.74) is 7.05. The average Bonchev–Trinajstić information content (AvgIpc) is 3.11. The van der Waals surface area contributed by atoms with E-state index < -0.39 is 0 Å². The lowest BCUT2D eigenvalue weighted by molar-refractivity contribution is 0.0788. The summed E-state index contributed by atoms with van der Waals surface area (Å²) in [5, 5.41) is 3.21. The first-order valence-corrected chi connectivity index (χ1v) is 8.07. The van der Waals surface area contributed by atoms with Crippen LogP contribution in [-0.2, 0) is 0 Å². The predicted octanol–water partition coefficient (Wildman–Crippen LogP) is 2.25. The van der Waals surface area contributed by atoms with E-state index in [1.807, 2.05) is 29.2 Å². The van der Waals surface area contributed by atoms with E-state index in [0.29, 0.717) is 36.1 Å². The first-order chi connectivity index (χ1) is 11.7. The van der Waals surface area contributed by atoms with Crippen LogP contribution in [0.2, 0.25) is 0 Å². The molecule has 0 aliphatic carbocycles. The second kappa shape index (κ2) is 7.31. The predicted molar refractivity (Wildman–Crippen MR) is 93.6 cm³/mol. The van der Waals surface area contributed by atoms with Crippen molar-refractivity contribution in [1.29, 1.82) is 0 Å². The van der Waals surface area contributed by atoms with Gasteiger partial charge in [0.1, 0.15) is 11.6 Å². The van der Waals surface area contributed by atoms with E-state index in [2.05, 4.69) is 10.3 Å². The van der Waals surface area contributed by atoms with Gasteiger partial charge in [0.15, 0.2) is 0 Å². The smallest absolute Gasteiger partial charge is 0.257 e. The molecule has 2 aromatic rings. The fraction of sp³-hybridized carbons (Fsp3) is 0.333. The SMILES string of the molecule is COc1ccccc1Nc1ncccc1C(=O)N1CCC(CN)C1. The van der Waals surface area contributed by atoms with Crippen LogP contribution in [0.15, 0.2) is 42.6 Å². The molecule has 1 aliphatic rings. The fourth-order valence-corrected chi connectivity index (χ4v) is 2.93. The molecule has 1 saturated heterocycles. The molecule has 0 spiro atoms. The molecule has 1 amide bonds. The largest absolute Gasteiger partial charge is 0.495 e. The summed E-state index contributed by atoms with van der Waals surface area (Å²) in [7, 11) is 1.61. The summed E-state index contributed by atoms with van der Waals surface area (Å²) < 4.78 is 5.35. The van der Waals surface area contributed by atoms with E-state index in [4.69, 9.17) is 10.5 Å². The van der Waals surface area contributed by atoms with Gasteiger partial charge in [-0.1, -0.05) is 12.1 Å². The van der Waals surface area contributed by atoms with Crippen LogP contribution >= 0.6 is 0 Å². The molecule has 1 atom stereocenters. The summed E-state index contributed by atoms with van der Waals surface area (Å²) in [4.78, 5) is 19.0. The maximum atomic E-state index is 12.8. The van der Waals surface area contributed by atoms with Gasteiger partial charge in [-0.15, -0.1) is 0 Å². The Labute approximate surface area is 141 Å². The van der Waals surface area contributed by atoms with Crippen LogP contribution in [0.25, 0.3) is 0 Å². The van der Waals surface area contributed by atoms with Crippen LogP contribution in [0.4, 0.5) is 11.5 Å². The van der Waals surface area contributed by atoms with Gasteiger partial charge < -0.3 is 20.7 Å². The Kier molecular flexibility index (Phi) is 4.96. The number of methoxy groups -OCH3 is 1. The van der Waals surface area contributed by atoms with Gasteiger partial charge in [0.25, 0.3) is 5.91 Å². The number of nitrogens with two attached hydrogens (primary N) is 1. The van der Waals surface area contributed by atoms with Crippen molar-refractivity contribution in [2.45, 2.75) is 6.42 Å². The minimum atomic E-state index is -0.0172. The first-order valence-electron chi connectivity index (χ1n) is 8.07. The highest BCUT2D eigenvalue weighted by molar-refractivity contribution is 5.99. The van der Waals surface area contributed by atoms with E-state index in [0.717, 1.165) is 18.7 Å². The third-order valence-corrected chi connectivity index (χ3v) is 4.30. The molecule has 0 bridgehead atoms. The van der Waals surface area contributed by atoms with Gasteiger partial charge in [0.2, 0.25) is 0 Å². The summed E-state index contributed by atoms with van der Waals surface area (Å²) in [6, 6.07) is 11.1. The minimum Gasteiger partial charge on any atom is -0.495 e. The topological polar surface area (TPSA) is 80.5 Å². The quantitative estimate of drug-likeness (QED) is 0.881. The zero-order valence-electron chi connectivity index (χ0n) is 13.7. The number of nitrogens with zero attached hydrogens (tertiary/aromatic N) is 2. The summed E-state index contributed by atoms with van der Waals surface area (Å²) in [6.45, 7) is 2.06. The lowest BCUT2D eigenvalue weighted by atomic mass is 10.1. The Morgan fingerprint density at radius 1 is 1.38 bits per heavy atom. The van der Waals surface area contributed by atoms with E-state index in [-0.39, 0.29) is 5.91 Å². The molecule has 1 aromatic carbocycles. The Morgan fingerprint density at radius 2 is 2.21 bits per heavy atom. The number of nitrogens with one attached hydrogen (secondary N) is 1. The molecule has 0 radical (unpaired) electrons. The number of rotatable bonds is 5. The van der Waals surface area contributed by atoms with Crippen LogP contribution in [0.3, 0.4) is 0 Å². The number of benzene rings is 1. The summed E-state index contributed by atoms with van der Waals surface area (Å²) in [5.74, 6) is 1.60. The van der Waals surface area contributed by atoms with Gasteiger partial charge >= 0.3 is 0 Å². The molecule has 126 valence electrons. The molecule has 1 unspecified atom stereocenters. The maximum absolute atomic E-state index is 12.8. The van der Waals surface area contributed by atoms with Crippen LogP contribution in [0.1, 0.15) is 16.8 Å². The van der Waals surface area contributed by atoms with Crippen molar-refractivity contribution >= 4 is 17.4 Å². The number of anilines is 2. The number of likely N-dealkylation sites (tertiary alicyclic amines) is 1. The molecule has 3 rings (SSSR count). The molecule has 0 saturated carbocycles. The highest BCUT2D eigenvalue weighted by Gasteiger charge is 2.27. The van der Waals surface area contributed by atoms with Gasteiger partial charge in [-0.05, 0) is 43.1 Å². The average molecular weight is 326 g/mol. The van der Waals surface area contributed by atoms with Crippen molar-refractivity contribution < 1.29 is 9.53 Å². The van der Waals surface area contributed by atoms with E-state index in [1.165, 1.54) is 0 Å². The molecular formula is C18H22N4O2.